The van der Waals surface area contributed by atoms with Gasteiger partial charge in [0.25, 0.3) is 0 Å². The molecule has 11 heavy (non-hydrogen) atoms. The Morgan fingerprint density at radius 3 is 2.36 bits per heavy atom. The molecule has 0 rings (SSSR count). The van der Waals surface area contributed by atoms with Gasteiger partial charge >= 0.3 is 0 Å². The number of hydrogen-bond acceptors (Lipinski definition) is 2. The third-order valence-corrected chi connectivity index (χ3v) is 1.07. The maximum absolute atomic E-state index is 10.9. The number of nitrogens with one attached hydrogen (secondary N) is 1. The van der Waals surface area contributed by atoms with Gasteiger partial charge in [-0.15, -0.1) is 0 Å². The van der Waals surface area contributed by atoms with Gasteiger partial charge in [-0.25, -0.2) is 0 Å². The normalized spacial score (nSPS) is 10.9. The molecule has 0 saturated carbocycles. The lowest BCUT2D eigenvalue weighted by molar-refractivity contribution is -0.118. The van der Waals surface area contributed by atoms with Gasteiger partial charge in [0, 0.05) is 12.1 Å². The van der Waals surface area contributed by atoms with E-state index in [1.807, 2.05) is 0 Å². The summed E-state index contributed by atoms with van der Waals surface area (Å²) < 4.78 is 0. The molecule has 0 saturated heterocycles. The van der Waals surface area contributed by atoms with Gasteiger partial charge in [0.15, 0.2) is 0 Å². The minimum atomic E-state index is -0.856. The first-order chi connectivity index (χ1) is 4.83. The van der Waals surface area contributed by atoms with E-state index >= 15 is 0 Å². The summed E-state index contributed by atoms with van der Waals surface area (Å²) in [6.07, 6.45) is 0. The fourth-order valence-corrected chi connectivity index (χ4v) is 0.447. The molecule has 64 valence electrons. The Labute approximate surface area is 67.1 Å². The summed E-state index contributed by atoms with van der Waals surface area (Å²) in [6.45, 7) is 8.60. The van der Waals surface area contributed by atoms with Crippen LogP contribution in [0.25, 0.3) is 0 Å². The number of aliphatic hydroxyl groups is 1. The summed E-state index contributed by atoms with van der Waals surface area (Å²) in [4.78, 5) is 10.9. The first kappa shape index (κ1) is 10.2. The Hall–Kier alpha value is -0.830. The van der Waals surface area contributed by atoms with Gasteiger partial charge in [-0.3, -0.25) is 4.79 Å². The third kappa shape index (κ3) is 5.61. The van der Waals surface area contributed by atoms with Crippen LogP contribution in [0.5, 0.6) is 0 Å². The number of amides is 1. The highest BCUT2D eigenvalue weighted by molar-refractivity contribution is 5.92. The molecule has 0 atom stereocenters. The van der Waals surface area contributed by atoms with Gasteiger partial charge < -0.3 is 10.4 Å². The highest BCUT2D eigenvalue weighted by atomic mass is 16.3. The zero-order chi connectivity index (χ0) is 9.07. The summed E-state index contributed by atoms with van der Waals surface area (Å²) in [6, 6.07) is 0. The van der Waals surface area contributed by atoms with E-state index in [1.165, 1.54) is 0 Å². The summed E-state index contributed by atoms with van der Waals surface area (Å²) in [5.41, 5.74) is -0.403. The summed E-state index contributed by atoms with van der Waals surface area (Å²) in [5, 5.41) is 11.7. The van der Waals surface area contributed by atoms with Crippen molar-refractivity contribution < 1.29 is 9.90 Å². The number of hydrogen-bond donors (Lipinski definition) is 2. The van der Waals surface area contributed by atoms with Crippen LogP contribution in [0.1, 0.15) is 20.8 Å². The van der Waals surface area contributed by atoms with Crippen molar-refractivity contribution in [3.63, 3.8) is 0 Å². The molecule has 0 aliphatic carbocycles. The molecule has 0 aromatic carbocycles. The first-order valence-electron chi connectivity index (χ1n) is 3.49. The van der Waals surface area contributed by atoms with Gasteiger partial charge in [0.2, 0.25) is 5.91 Å². The largest absolute Gasteiger partial charge is 0.389 e. The maximum atomic E-state index is 10.9. The SMILES string of the molecule is C=C(C)C(=O)NCC(C)(C)O. The minimum absolute atomic E-state index is 0.216. The maximum Gasteiger partial charge on any atom is 0.246 e. The zero-order valence-corrected chi connectivity index (χ0v) is 7.27. The molecule has 2 N–H and O–H groups in total. The highest BCUT2D eigenvalue weighted by Gasteiger charge is 2.13. The molecule has 3 nitrogen and oxygen atoms in total. The fourth-order valence-electron chi connectivity index (χ4n) is 0.447. The summed E-state index contributed by atoms with van der Waals surface area (Å²) in [5.74, 6) is -0.216. The van der Waals surface area contributed by atoms with E-state index in [-0.39, 0.29) is 12.5 Å². The lowest BCUT2D eigenvalue weighted by atomic mass is 10.1. The van der Waals surface area contributed by atoms with Crippen LogP contribution < -0.4 is 5.32 Å². The van der Waals surface area contributed by atoms with Crippen molar-refractivity contribution >= 4 is 5.91 Å². The molecule has 1 amide bonds. The molecule has 0 aliphatic heterocycles. The van der Waals surface area contributed by atoms with Crippen LogP contribution in [0, 0.1) is 0 Å². The van der Waals surface area contributed by atoms with Gasteiger partial charge in [0.05, 0.1) is 5.60 Å². The molecular formula is C8H15NO2. The van der Waals surface area contributed by atoms with E-state index < -0.39 is 5.60 Å². The van der Waals surface area contributed by atoms with E-state index in [1.54, 1.807) is 20.8 Å². The van der Waals surface area contributed by atoms with Gasteiger partial charge in [-0.2, -0.15) is 0 Å². The summed E-state index contributed by atoms with van der Waals surface area (Å²) >= 11 is 0. The van der Waals surface area contributed by atoms with E-state index in [0.29, 0.717) is 5.57 Å². The molecule has 0 radical (unpaired) electrons. The highest BCUT2D eigenvalue weighted by Crippen LogP contribution is 1.97. The predicted molar refractivity (Wildman–Crippen MR) is 44.1 cm³/mol. The lowest BCUT2D eigenvalue weighted by Gasteiger charge is -2.17. The molecule has 0 aromatic heterocycles. The molecule has 0 heterocycles. The quantitative estimate of drug-likeness (QED) is 0.584. The summed E-state index contributed by atoms with van der Waals surface area (Å²) in [7, 11) is 0. The zero-order valence-electron chi connectivity index (χ0n) is 7.27. The van der Waals surface area contributed by atoms with Crippen LogP contribution in [0.4, 0.5) is 0 Å². The molecule has 0 bridgehead atoms. The van der Waals surface area contributed by atoms with Crippen LogP contribution in [0.15, 0.2) is 12.2 Å². The van der Waals surface area contributed by atoms with Crippen molar-refractivity contribution in [2.45, 2.75) is 26.4 Å². The molecule has 0 aromatic rings. The van der Waals surface area contributed by atoms with E-state index in [2.05, 4.69) is 11.9 Å². The van der Waals surface area contributed by atoms with Crippen molar-refractivity contribution in [3.8, 4) is 0 Å². The molecular weight excluding hydrogens is 142 g/mol. The molecule has 0 spiro atoms. The van der Waals surface area contributed by atoms with E-state index in [0.717, 1.165) is 0 Å². The monoisotopic (exact) mass is 157 g/mol. The van der Waals surface area contributed by atoms with Crippen LogP contribution >= 0.6 is 0 Å². The molecule has 0 unspecified atom stereocenters. The molecule has 0 aliphatic rings. The number of rotatable bonds is 3. The lowest BCUT2D eigenvalue weighted by Crippen LogP contribution is -2.38. The van der Waals surface area contributed by atoms with Crippen molar-refractivity contribution in [2.24, 2.45) is 0 Å². The van der Waals surface area contributed by atoms with E-state index in [4.69, 9.17) is 0 Å². The topological polar surface area (TPSA) is 49.3 Å². The van der Waals surface area contributed by atoms with Gasteiger partial charge in [-0.1, -0.05) is 6.58 Å². The predicted octanol–water partition coefficient (Wildman–Crippen LogP) is 0.450. The average Bonchev–Trinajstić information content (AvgIpc) is 1.80. The standard InChI is InChI=1S/C8H15NO2/c1-6(2)7(10)9-5-8(3,4)11/h11H,1,5H2,2-4H3,(H,9,10). The van der Waals surface area contributed by atoms with Crippen molar-refractivity contribution in [3.05, 3.63) is 12.2 Å². The molecule has 3 heteroatoms. The van der Waals surface area contributed by atoms with Crippen molar-refractivity contribution in [2.75, 3.05) is 6.54 Å². The van der Waals surface area contributed by atoms with Crippen LogP contribution in [-0.4, -0.2) is 23.2 Å². The second-order valence-corrected chi connectivity index (χ2v) is 3.28. The second kappa shape index (κ2) is 3.53. The van der Waals surface area contributed by atoms with Crippen LogP contribution in [0.3, 0.4) is 0 Å². The molecule has 0 fully saturated rings. The van der Waals surface area contributed by atoms with Gasteiger partial charge in [-0.05, 0) is 20.8 Å². The number of carbonyl (C=O) groups is 1. The Kier molecular flexibility index (Phi) is 3.26. The van der Waals surface area contributed by atoms with Crippen molar-refractivity contribution in [1.29, 1.82) is 0 Å². The fraction of sp³-hybridized carbons (Fsp3) is 0.625. The van der Waals surface area contributed by atoms with E-state index in [9.17, 15) is 9.90 Å². The average molecular weight is 157 g/mol. The Morgan fingerprint density at radius 1 is 1.64 bits per heavy atom. The number of carbonyl (C=O) groups excluding carboxylic acids is 1. The Morgan fingerprint density at radius 2 is 2.09 bits per heavy atom. The Balaban J connectivity index is 3.73. The van der Waals surface area contributed by atoms with Crippen molar-refractivity contribution in [1.82, 2.24) is 5.32 Å². The Bertz CT molecular complexity index is 167. The van der Waals surface area contributed by atoms with Crippen LogP contribution in [-0.2, 0) is 4.79 Å². The van der Waals surface area contributed by atoms with Crippen LogP contribution in [0.2, 0.25) is 0 Å². The first-order valence-corrected chi connectivity index (χ1v) is 3.49. The van der Waals surface area contributed by atoms with Gasteiger partial charge in [0.1, 0.15) is 0 Å². The third-order valence-electron chi connectivity index (χ3n) is 1.07. The second-order valence-electron chi connectivity index (χ2n) is 3.28. The smallest absolute Gasteiger partial charge is 0.246 e. The minimum Gasteiger partial charge on any atom is -0.389 e.